The topological polar surface area (TPSA) is 94.0 Å². The second kappa shape index (κ2) is 8.22. The van der Waals surface area contributed by atoms with Crippen molar-refractivity contribution in [1.29, 1.82) is 0 Å². The van der Waals surface area contributed by atoms with Crippen molar-refractivity contribution in [3.63, 3.8) is 0 Å². The number of hydrazine groups is 1. The van der Waals surface area contributed by atoms with Crippen LogP contribution in [0.1, 0.15) is 42.4 Å². The molecule has 2 amide bonds. The lowest BCUT2D eigenvalue weighted by atomic mass is 10.2. The first-order valence-corrected chi connectivity index (χ1v) is 9.17. The van der Waals surface area contributed by atoms with Gasteiger partial charge in [-0.15, -0.1) is 0 Å². The molecule has 0 saturated carbocycles. The van der Waals surface area contributed by atoms with E-state index in [2.05, 4.69) is 15.8 Å². The van der Waals surface area contributed by atoms with Crippen LogP contribution in [0.2, 0.25) is 0 Å². The molecule has 3 rings (SSSR count). The Morgan fingerprint density at radius 1 is 1.10 bits per heavy atom. The van der Waals surface area contributed by atoms with Crippen molar-refractivity contribution in [2.24, 2.45) is 0 Å². The SMILES string of the molecule is Cc1cccn2cc(COc3ccc(C(=O)NNC(=O)OC(C)(C)C)cc3)nc12. The highest BCUT2D eigenvalue weighted by Gasteiger charge is 2.16. The van der Waals surface area contributed by atoms with Gasteiger partial charge in [0.15, 0.2) is 0 Å². The molecule has 29 heavy (non-hydrogen) atoms. The molecule has 0 spiro atoms. The summed E-state index contributed by atoms with van der Waals surface area (Å²) >= 11 is 0. The number of carbonyl (C=O) groups is 2. The van der Waals surface area contributed by atoms with Gasteiger partial charge in [-0.3, -0.25) is 10.2 Å². The number of nitrogens with zero attached hydrogens (tertiary/aromatic N) is 2. The molecular weight excluding hydrogens is 372 g/mol. The standard InChI is InChI=1S/C21H24N4O4/c1-14-6-5-11-25-12-16(22-18(14)25)13-28-17-9-7-15(8-10-17)19(26)23-24-20(27)29-21(2,3)4/h5-12H,13H2,1-4H3,(H,23,26)(H,24,27). The zero-order chi connectivity index (χ0) is 21.0. The molecule has 152 valence electrons. The van der Waals surface area contributed by atoms with Crippen LogP contribution in [0.3, 0.4) is 0 Å². The molecule has 2 heterocycles. The first kappa shape index (κ1) is 20.2. The Bertz CT molecular complexity index is 1020. The van der Waals surface area contributed by atoms with E-state index in [1.165, 1.54) is 0 Å². The van der Waals surface area contributed by atoms with E-state index in [4.69, 9.17) is 9.47 Å². The largest absolute Gasteiger partial charge is 0.487 e. The fourth-order valence-electron chi connectivity index (χ4n) is 2.62. The normalized spacial score (nSPS) is 11.2. The Hall–Kier alpha value is -3.55. The molecular formula is C21H24N4O4. The smallest absolute Gasteiger partial charge is 0.426 e. The molecule has 0 aliphatic carbocycles. The Morgan fingerprint density at radius 2 is 1.83 bits per heavy atom. The van der Waals surface area contributed by atoms with Gasteiger partial charge in [-0.05, 0) is 63.6 Å². The molecule has 8 nitrogen and oxygen atoms in total. The van der Waals surface area contributed by atoms with Gasteiger partial charge in [-0.1, -0.05) is 6.07 Å². The summed E-state index contributed by atoms with van der Waals surface area (Å²) in [6, 6.07) is 10.6. The molecule has 3 aromatic rings. The van der Waals surface area contributed by atoms with Gasteiger partial charge in [0.25, 0.3) is 5.91 Å². The summed E-state index contributed by atoms with van der Waals surface area (Å²) in [7, 11) is 0. The molecule has 2 N–H and O–H groups in total. The number of fused-ring (bicyclic) bond motifs is 1. The van der Waals surface area contributed by atoms with Gasteiger partial charge in [-0.2, -0.15) is 0 Å². The van der Waals surface area contributed by atoms with Gasteiger partial charge in [0.05, 0.1) is 5.69 Å². The molecule has 0 aliphatic rings. The molecule has 0 atom stereocenters. The Labute approximate surface area is 168 Å². The molecule has 0 fully saturated rings. The van der Waals surface area contributed by atoms with Crippen LogP contribution in [0.5, 0.6) is 5.75 Å². The van der Waals surface area contributed by atoms with Crippen LogP contribution in [0, 0.1) is 6.92 Å². The third-order valence-corrected chi connectivity index (χ3v) is 3.91. The average Bonchev–Trinajstić information content (AvgIpc) is 3.08. The van der Waals surface area contributed by atoms with E-state index in [9.17, 15) is 9.59 Å². The summed E-state index contributed by atoms with van der Waals surface area (Å²) in [4.78, 5) is 28.2. The maximum Gasteiger partial charge on any atom is 0.426 e. The Morgan fingerprint density at radius 3 is 2.48 bits per heavy atom. The van der Waals surface area contributed by atoms with Crippen LogP contribution in [-0.2, 0) is 11.3 Å². The fourth-order valence-corrected chi connectivity index (χ4v) is 2.62. The lowest BCUT2D eigenvalue weighted by molar-refractivity contribution is 0.0483. The van der Waals surface area contributed by atoms with Crippen LogP contribution in [-0.4, -0.2) is 27.0 Å². The van der Waals surface area contributed by atoms with Crippen LogP contribution >= 0.6 is 0 Å². The lowest BCUT2D eigenvalue weighted by Gasteiger charge is -2.19. The monoisotopic (exact) mass is 396 g/mol. The maximum atomic E-state index is 12.1. The lowest BCUT2D eigenvalue weighted by Crippen LogP contribution is -2.44. The highest BCUT2D eigenvalue weighted by molar-refractivity contribution is 5.95. The molecule has 0 saturated heterocycles. The van der Waals surface area contributed by atoms with Gasteiger partial charge >= 0.3 is 6.09 Å². The number of pyridine rings is 1. The second-order valence-corrected chi connectivity index (χ2v) is 7.55. The Balaban J connectivity index is 1.53. The highest BCUT2D eigenvalue weighted by atomic mass is 16.6. The number of aromatic nitrogens is 2. The van der Waals surface area contributed by atoms with E-state index in [0.717, 1.165) is 16.9 Å². The molecule has 8 heteroatoms. The van der Waals surface area contributed by atoms with Crippen molar-refractivity contribution in [2.45, 2.75) is 39.9 Å². The quantitative estimate of drug-likeness (QED) is 0.660. The van der Waals surface area contributed by atoms with Crippen LogP contribution in [0.25, 0.3) is 5.65 Å². The van der Waals surface area contributed by atoms with Gasteiger partial charge in [0.2, 0.25) is 0 Å². The van der Waals surface area contributed by atoms with Gasteiger partial charge < -0.3 is 13.9 Å². The fraction of sp³-hybridized carbons (Fsp3) is 0.286. The van der Waals surface area contributed by atoms with E-state index in [-0.39, 0.29) is 0 Å². The van der Waals surface area contributed by atoms with E-state index in [1.54, 1.807) is 45.0 Å². The number of amides is 2. The average molecular weight is 396 g/mol. The van der Waals surface area contributed by atoms with Crippen molar-refractivity contribution in [1.82, 2.24) is 20.2 Å². The third kappa shape index (κ3) is 5.47. The van der Waals surface area contributed by atoms with Crippen molar-refractivity contribution < 1.29 is 19.1 Å². The van der Waals surface area contributed by atoms with E-state index in [0.29, 0.717) is 17.9 Å². The van der Waals surface area contributed by atoms with Gasteiger partial charge in [0, 0.05) is 18.0 Å². The second-order valence-electron chi connectivity index (χ2n) is 7.55. The number of ether oxygens (including phenoxy) is 2. The van der Waals surface area contributed by atoms with Gasteiger partial charge in [-0.25, -0.2) is 15.2 Å². The van der Waals surface area contributed by atoms with Crippen molar-refractivity contribution >= 4 is 17.6 Å². The number of imidazole rings is 1. The molecule has 0 radical (unpaired) electrons. The predicted octanol–water partition coefficient (Wildman–Crippen LogP) is 3.39. The van der Waals surface area contributed by atoms with E-state index in [1.807, 2.05) is 35.9 Å². The number of carbonyl (C=O) groups excluding carboxylic acids is 2. The van der Waals surface area contributed by atoms with Crippen molar-refractivity contribution in [3.8, 4) is 5.75 Å². The number of aryl methyl sites for hydroxylation is 1. The molecule has 1 aromatic carbocycles. The Kier molecular flexibility index (Phi) is 5.72. The first-order valence-electron chi connectivity index (χ1n) is 9.17. The minimum absolute atomic E-state index is 0.312. The number of rotatable bonds is 4. The van der Waals surface area contributed by atoms with Gasteiger partial charge in [0.1, 0.15) is 23.6 Å². The number of benzene rings is 1. The predicted molar refractivity (Wildman–Crippen MR) is 108 cm³/mol. The molecule has 0 aliphatic heterocycles. The van der Waals surface area contributed by atoms with Crippen LogP contribution in [0.4, 0.5) is 4.79 Å². The summed E-state index contributed by atoms with van der Waals surface area (Å²) in [6.07, 6.45) is 3.14. The summed E-state index contributed by atoms with van der Waals surface area (Å²) in [6.45, 7) is 7.53. The van der Waals surface area contributed by atoms with Crippen molar-refractivity contribution in [3.05, 3.63) is 65.6 Å². The summed E-state index contributed by atoms with van der Waals surface area (Å²) in [5, 5.41) is 0. The minimum atomic E-state index is -0.728. The summed E-state index contributed by atoms with van der Waals surface area (Å²) in [5.41, 5.74) is 7.04. The molecule has 0 unspecified atom stereocenters. The molecule has 0 bridgehead atoms. The van der Waals surface area contributed by atoms with Crippen molar-refractivity contribution in [2.75, 3.05) is 0 Å². The van der Waals surface area contributed by atoms with E-state index >= 15 is 0 Å². The molecule has 2 aromatic heterocycles. The summed E-state index contributed by atoms with van der Waals surface area (Å²) < 4.78 is 12.8. The van der Waals surface area contributed by atoms with Crippen LogP contribution in [0.15, 0.2) is 48.8 Å². The third-order valence-electron chi connectivity index (χ3n) is 3.91. The maximum absolute atomic E-state index is 12.1. The number of hydrogen-bond donors (Lipinski definition) is 2. The van der Waals surface area contributed by atoms with Crippen LogP contribution < -0.4 is 15.6 Å². The summed E-state index contributed by atoms with van der Waals surface area (Å²) in [5.74, 6) is 0.147. The first-order chi connectivity index (χ1) is 13.7. The van der Waals surface area contributed by atoms with E-state index < -0.39 is 17.6 Å². The minimum Gasteiger partial charge on any atom is -0.487 e. The number of nitrogens with one attached hydrogen (secondary N) is 2. The zero-order valence-electron chi connectivity index (χ0n) is 16.9. The number of hydrogen-bond acceptors (Lipinski definition) is 5. The highest BCUT2D eigenvalue weighted by Crippen LogP contribution is 2.15. The zero-order valence-corrected chi connectivity index (χ0v) is 16.9.